The summed E-state index contributed by atoms with van der Waals surface area (Å²) in [6.07, 6.45) is 5.64. The standard InChI is InChI=1S/C14H20N2O3S/c1-18-12-3-2-8-19-14(12)4-6-16(7-5-14)13(17)11-9-15-10-20-11/h9-10,12H,2-8H2,1H3/t12-/m1/s1. The monoisotopic (exact) mass is 296 g/mol. The molecule has 1 atom stereocenters. The molecule has 0 aliphatic carbocycles. The van der Waals surface area contributed by atoms with Crippen molar-refractivity contribution >= 4 is 17.2 Å². The lowest BCUT2D eigenvalue weighted by molar-refractivity contribution is -0.183. The molecule has 1 spiro atoms. The quantitative estimate of drug-likeness (QED) is 0.837. The summed E-state index contributed by atoms with van der Waals surface area (Å²) in [7, 11) is 1.76. The van der Waals surface area contributed by atoms with E-state index in [1.54, 1.807) is 18.8 Å². The highest BCUT2D eigenvalue weighted by atomic mass is 32.1. The Morgan fingerprint density at radius 3 is 3.00 bits per heavy atom. The van der Waals surface area contributed by atoms with Crippen molar-refractivity contribution in [3.05, 3.63) is 16.6 Å². The second-order valence-corrected chi connectivity index (χ2v) is 6.32. The molecule has 2 fully saturated rings. The maximum Gasteiger partial charge on any atom is 0.265 e. The van der Waals surface area contributed by atoms with E-state index in [-0.39, 0.29) is 17.6 Å². The molecule has 0 unspecified atom stereocenters. The molecule has 0 saturated carbocycles. The summed E-state index contributed by atoms with van der Waals surface area (Å²) >= 11 is 1.40. The molecule has 0 aromatic carbocycles. The fraction of sp³-hybridized carbons (Fsp3) is 0.714. The van der Waals surface area contributed by atoms with Crippen molar-refractivity contribution in [2.45, 2.75) is 37.4 Å². The summed E-state index contributed by atoms with van der Waals surface area (Å²) in [5.74, 6) is 0.0899. The molecule has 1 aromatic heterocycles. The van der Waals surface area contributed by atoms with Gasteiger partial charge in [0.1, 0.15) is 4.88 Å². The van der Waals surface area contributed by atoms with Crippen LogP contribution in [-0.2, 0) is 9.47 Å². The predicted molar refractivity (Wildman–Crippen MR) is 76.0 cm³/mol. The first-order chi connectivity index (χ1) is 9.75. The third-order valence-electron chi connectivity index (χ3n) is 4.41. The number of amides is 1. The molecule has 2 aliphatic rings. The van der Waals surface area contributed by atoms with Crippen molar-refractivity contribution in [3.8, 4) is 0 Å². The Kier molecular flexibility index (Phi) is 4.05. The van der Waals surface area contributed by atoms with E-state index in [1.165, 1.54) is 11.3 Å². The van der Waals surface area contributed by atoms with Crippen LogP contribution in [0, 0.1) is 0 Å². The van der Waals surface area contributed by atoms with Crippen molar-refractivity contribution in [1.29, 1.82) is 0 Å². The molecule has 2 saturated heterocycles. The van der Waals surface area contributed by atoms with Gasteiger partial charge in [0.25, 0.3) is 5.91 Å². The van der Waals surface area contributed by atoms with Crippen LogP contribution in [0.5, 0.6) is 0 Å². The lowest BCUT2D eigenvalue weighted by Gasteiger charge is -2.47. The number of aromatic nitrogens is 1. The van der Waals surface area contributed by atoms with Gasteiger partial charge in [-0.2, -0.15) is 0 Å². The van der Waals surface area contributed by atoms with Gasteiger partial charge in [0.05, 0.1) is 23.4 Å². The SMILES string of the molecule is CO[C@@H]1CCCOC12CCN(C(=O)c1cncs1)CC2. The highest BCUT2D eigenvalue weighted by Gasteiger charge is 2.45. The Bertz CT molecular complexity index is 455. The molecule has 2 aliphatic heterocycles. The van der Waals surface area contributed by atoms with Gasteiger partial charge in [-0.25, -0.2) is 0 Å². The van der Waals surface area contributed by atoms with Crippen LogP contribution in [0.1, 0.15) is 35.4 Å². The highest BCUT2D eigenvalue weighted by Crippen LogP contribution is 2.37. The smallest absolute Gasteiger partial charge is 0.265 e. The Morgan fingerprint density at radius 2 is 2.35 bits per heavy atom. The summed E-state index contributed by atoms with van der Waals surface area (Å²) in [6.45, 7) is 2.27. The first-order valence-electron chi connectivity index (χ1n) is 7.10. The number of carbonyl (C=O) groups excluding carboxylic acids is 1. The molecule has 1 aromatic rings. The molecule has 3 heterocycles. The molecule has 6 heteroatoms. The maximum absolute atomic E-state index is 12.3. The predicted octanol–water partition coefficient (Wildman–Crippen LogP) is 1.94. The zero-order valence-corrected chi connectivity index (χ0v) is 12.5. The summed E-state index contributed by atoms with van der Waals surface area (Å²) in [6, 6.07) is 0. The van der Waals surface area contributed by atoms with E-state index >= 15 is 0 Å². The van der Waals surface area contributed by atoms with E-state index in [0.717, 1.165) is 45.4 Å². The van der Waals surface area contributed by atoms with Crippen LogP contribution in [0.4, 0.5) is 0 Å². The Balaban J connectivity index is 1.65. The van der Waals surface area contributed by atoms with Crippen molar-refractivity contribution < 1.29 is 14.3 Å². The van der Waals surface area contributed by atoms with E-state index in [4.69, 9.17) is 9.47 Å². The third-order valence-corrected chi connectivity index (χ3v) is 5.17. The van der Waals surface area contributed by atoms with Crippen molar-refractivity contribution in [2.75, 3.05) is 26.8 Å². The van der Waals surface area contributed by atoms with Gasteiger partial charge in [0, 0.05) is 26.8 Å². The Morgan fingerprint density at radius 1 is 1.55 bits per heavy atom. The minimum absolute atomic E-state index is 0.0899. The molecule has 3 rings (SSSR count). The van der Waals surface area contributed by atoms with E-state index in [9.17, 15) is 4.79 Å². The van der Waals surface area contributed by atoms with Crippen molar-refractivity contribution in [1.82, 2.24) is 9.88 Å². The van der Waals surface area contributed by atoms with Gasteiger partial charge in [-0.05, 0) is 25.7 Å². The topological polar surface area (TPSA) is 51.7 Å². The van der Waals surface area contributed by atoms with Gasteiger partial charge in [-0.1, -0.05) is 0 Å². The number of methoxy groups -OCH3 is 1. The maximum atomic E-state index is 12.3. The van der Waals surface area contributed by atoms with Crippen LogP contribution in [0.15, 0.2) is 11.7 Å². The Hall–Kier alpha value is -0.980. The molecule has 0 N–H and O–H groups in total. The first-order valence-corrected chi connectivity index (χ1v) is 7.98. The minimum atomic E-state index is -0.183. The number of carbonyl (C=O) groups is 1. The lowest BCUT2D eigenvalue weighted by Crippen LogP contribution is -2.56. The van der Waals surface area contributed by atoms with E-state index in [1.807, 2.05) is 4.90 Å². The second kappa shape index (κ2) is 5.79. The number of nitrogens with zero attached hydrogens (tertiary/aromatic N) is 2. The average molecular weight is 296 g/mol. The van der Waals surface area contributed by atoms with Gasteiger partial charge >= 0.3 is 0 Å². The number of likely N-dealkylation sites (tertiary alicyclic amines) is 1. The number of hydrogen-bond acceptors (Lipinski definition) is 5. The molecule has 0 bridgehead atoms. The number of hydrogen-bond donors (Lipinski definition) is 0. The minimum Gasteiger partial charge on any atom is -0.378 e. The van der Waals surface area contributed by atoms with Gasteiger partial charge < -0.3 is 14.4 Å². The largest absolute Gasteiger partial charge is 0.378 e. The number of piperidine rings is 1. The summed E-state index contributed by atoms with van der Waals surface area (Å²) in [5.41, 5.74) is 1.52. The van der Waals surface area contributed by atoms with Gasteiger partial charge in [0.2, 0.25) is 0 Å². The number of rotatable bonds is 2. The van der Waals surface area contributed by atoms with Crippen LogP contribution < -0.4 is 0 Å². The summed E-state index contributed by atoms with van der Waals surface area (Å²) in [5, 5.41) is 0. The average Bonchev–Trinajstić information content (AvgIpc) is 3.02. The van der Waals surface area contributed by atoms with Gasteiger partial charge in [-0.15, -0.1) is 11.3 Å². The molecule has 110 valence electrons. The van der Waals surface area contributed by atoms with Gasteiger partial charge in [0.15, 0.2) is 0 Å². The molecule has 0 radical (unpaired) electrons. The van der Waals surface area contributed by atoms with E-state index in [0.29, 0.717) is 4.88 Å². The zero-order chi connectivity index (χ0) is 14.0. The van der Waals surface area contributed by atoms with Crippen LogP contribution >= 0.6 is 11.3 Å². The number of ether oxygens (including phenoxy) is 2. The molecule has 20 heavy (non-hydrogen) atoms. The van der Waals surface area contributed by atoms with Crippen LogP contribution in [0.2, 0.25) is 0 Å². The van der Waals surface area contributed by atoms with Crippen LogP contribution in [-0.4, -0.2) is 54.3 Å². The van der Waals surface area contributed by atoms with E-state index < -0.39 is 0 Å². The zero-order valence-electron chi connectivity index (χ0n) is 11.7. The van der Waals surface area contributed by atoms with Crippen LogP contribution in [0.3, 0.4) is 0 Å². The second-order valence-electron chi connectivity index (χ2n) is 5.44. The molecular weight excluding hydrogens is 276 g/mol. The highest BCUT2D eigenvalue weighted by molar-refractivity contribution is 7.11. The van der Waals surface area contributed by atoms with Crippen molar-refractivity contribution in [3.63, 3.8) is 0 Å². The molecule has 5 nitrogen and oxygen atoms in total. The van der Waals surface area contributed by atoms with E-state index in [2.05, 4.69) is 4.98 Å². The molecule has 1 amide bonds. The van der Waals surface area contributed by atoms with Crippen molar-refractivity contribution in [2.24, 2.45) is 0 Å². The summed E-state index contributed by atoms with van der Waals surface area (Å²) in [4.78, 5) is 18.9. The van der Waals surface area contributed by atoms with Crippen LogP contribution in [0.25, 0.3) is 0 Å². The fourth-order valence-electron chi connectivity index (χ4n) is 3.26. The molecular formula is C14H20N2O3S. The number of thiazole rings is 1. The third kappa shape index (κ3) is 2.47. The first kappa shape index (κ1) is 14.0. The fourth-order valence-corrected chi connectivity index (χ4v) is 3.85. The normalized spacial score (nSPS) is 25.9. The lowest BCUT2D eigenvalue weighted by atomic mass is 9.82. The van der Waals surface area contributed by atoms with Gasteiger partial charge in [-0.3, -0.25) is 9.78 Å². The Labute approximate surface area is 122 Å². The summed E-state index contributed by atoms with van der Waals surface area (Å²) < 4.78 is 11.7.